The van der Waals surface area contributed by atoms with Crippen LogP contribution in [0.15, 0.2) is 0 Å². The predicted molar refractivity (Wildman–Crippen MR) is 54.3 cm³/mol. The minimum absolute atomic E-state index is 0.555. The molecule has 0 aliphatic heterocycles. The molecule has 12 heavy (non-hydrogen) atoms. The molecule has 0 atom stereocenters. The minimum atomic E-state index is -2.80. The maximum absolute atomic E-state index is 10.9. The zero-order chi connectivity index (χ0) is 13.2. The monoisotopic (exact) mass is 192 g/mol. The second-order valence-corrected chi connectivity index (χ2v) is 7.83. The lowest BCUT2D eigenvalue weighted by molar-refractivity contribution is -0.136. The van der Waals surface area contributed by atoms with Gasteiger partial charge in [-0.25, -0.2) is 0 Å². The molecule has 72 valence electrons. The fourth-order valence-electron chi connectivity index (χ4n) is 1.20. The van der Waals surface area contributed by atoms with E-state index in [9.17, 15) is 4.79 Å². The van der Waals surface area contributed by atoms with Gasteiger partial charge in [-0.15, -0.1) is 0 Å². The Bertz CT molecular complexity index is 256. The van der Waals surface area contributed by atoms with Crippen LogP contribution in [0.1, 0.15) is 32.6 Å². The second kappa shape index (κ2) is 5.35. The maximum atomic E-state index is 10.9. The van der Waals surface area contributed by atoms with Gasteiger partial charge in [-0.2, -0.15) is 0 Å². The zero-order valence-electron chi connectivity index (χ0n) is 12.0. The van der Waals surface area contributed by atoms with Crippen molar-refractivity contribution in [2.45, 2.75) is 51.3 Å². The topological polar surface area (TPSA) is 37.3 Å². The number of carboxylic acids is 1. The van der Waals surface area contributed by atoms with Crippen LogP contribution in [0, 0.1) is 0 Å². The standard InChI is InChI=1S/C9H20O2Si/c1-4-12(5-2,6-3)8-7-9(10)11/h4-8H2,1-3H3,(H,10,11)/i7D2,8D2. The molecule has 0 aromatic rings. The summed E-state index contributed by atoms with van der Waals surface area (Å²) in [6.07, 6.45) is -2.80. The van der Waals surface area contributed by atoms with Gasteiger partial charge in [0.1, 0.15) is 0 Å². The largest absolute Gasteiger partial charge is 0.481 e. The van der Waals surface area contributed by atoms with Crippen molar-refractivity contribution in [3.05, 3.63) is 0 Å². The highest BCUT2D eigenvalue weighted by Gasteiger charge is 2.26. The Morgan fingerprint density at radius 2 is 1.75 bits per heavy atom. The van der Waals surface area contributed by atoms with E-state index in [0.717, 1.165) is 0 Å². The Labute approximate surface area is 81.6 Å². The fourth-order valence-corrected chi connectivity index (χ4v) is 3.60. The molecule has 1 N–H and O–H groups in total. The van der Waals surface area contributed by atoms with Crippen LogP contribution in [0.2, 0.25) is 24.1 Å². The number of aliphatic carboxylic acids is 1. The molecule has 0 aromatic carbocycles. The molecule has 0 heterocycles. The van der Waals surface area contributed by atoms with E-state index in [0.29, 0.717) is 18.1 Å². The fraction of sp³-hybridized carbons (Fsp3) is 0.889. The predicted octanol–water partition coefficient (Wildman–Crippen LogP) is 2.97. The quantitative estimate of drug-likeness (QED) is 0.657. The number of carboxylic acid groups (broad SMARTS) is 1. The van der Waals surface area contributed by atoms with Gasteiger partial charge in [0.05, 0.1) is 8.07 Å². The zero-order valence-corrected chi connectivity index (χ0v) is 8.98. The minimum Gasteiger partial charge on any atom is -0.481 e. The lowest BCUT2D eigenvalue weighted by Crippen LogP contribution is -2.31. The van der Waals surface area contributed by atoms with E-state index in [4.69, 9.17) is 10.6 Å². The van der Waals surface area contributed by atoms with Gasteiger partial charge in [-0.1, -0.05) is 38.9 Å². The molecule has 0 aromatic heterocycles. The Hall–Kier alpha value is -0.313. The van der Waals surface area contributed by atoms with Gasteiger partial charge in [0.15, 0.2) is 0 Å². The van der Waals surface area contributed by atoms with Crippen LogP contribution in [0.4, 0.5) is 0 Å². The smallest absolute Gasteiger partial charge is 0.303 e. The first kappa shape index (κ1) is 6.19. The van der Waals surface area contributed by atoms with Crippen molar-refractivity contribution in [1.82, 2.24) is 0 Å². The Morgan fingerprint density at radius 1 is 1.33 bits per heavy atom. The van der Waals surface area contributed by atoms with Crippen molar-refractivity contribution >= 4 is 14.0 Å². The first-order valence-corrected chi connectivity index (χ1v) is 6.98. The maximum Gasteiger partial charge on any atom is 0.303 e. The highest BCUT2D eigenvalue weighted by Crippen LogP contribution is 2.26. The summed E-state index contributed by atoms with van der Waals surface area (Å²) in [5.41, 5.74) is 0. The second-order valence-electron chi connectivity index (χ2n) is 2.90. The first-order chi connectivity index (χ1) is 7.13. The van der Waals surface area contributed by atoms with Crippen molar-refractivity contribution in [2.75, 3.05) is 0 Å². The highest BCUT2D eigenvalue weighted by molar-refractivity contribution is 6.79. The van der Waals surface area contributed by atoms with Crippen LogP contribution in [-0.4, -0.2) is 19.1 Å². The molecule has 0 rings (SSSR count). The molecule has 0 aliphatic rings. The van der Waals surface area contributed by atoms with E-state index < -0.39 is 26.4 Å². The van der Waals surface area contributed by atoms with Crippen LogP contribution in [-0.2, 0) is 4.79 Å². The van der Waals surface area contributed by atoms with Gasteiger partial charge in [0.25, 0.3) is 0 Å². The van der Waals surface area contributed by atoms with Crippen molar-refractivity contribution in [1.29, 1.82) is 0 Å². The van der Waals surface area contributed by atoms with Gasteiger partial charge in [-0.3, -0.25) is 4.79 Å². The number of hydrogen-bond donors (Lipinski definition) is 1. The van der Waals surface area contributed by atoms with Crippen molar-refractivity contribution in [2.24, 2.45) is 0 Å². The number of rotatable bonds is 6. The Kier molecular flexibility index (Phi) is 2.76. The molecule has 0 radical (unpaired) electrons. The molecule has 2 nitrogen and oxygen atoms in total. The van der Waals surface area contributed by atoms with Crippen molar-refractivity contribution in [3.63, 3.8) is 0 Å². The van der Waals surface area contributed by atoms with E-state index in [2.05, 4.69) is 0 Å². The molecule has 0 fully saturated rings. The molecular formula is C9H20O2Si. The molecule has 0 bridgehead atoms. The normalized spacial score (nSPS) is 18.9. The van der Waals surface area contributed by atoms with Crippen LogP contribution in [0.5, 0.6) is 0 Å². The van der Waals surface area contributed by atoms with E-state index in [1.165, 1.54) is 0 Å². The van der Waals surface area contributed by atoms with Crippen LogP contribution in [0.25, 0.3) is 0 Å². The lowest BCUT2D eigenvalue weighted by Gasteiger charge is -2.27. The molecule has 0 spiro atoms. The molecule has 0 unspecified atom stereocenters. The molecule has 0 amide bonds. The van der Waals surface area contributed by atoms with E-state index in [-0.39, 0.29) is 0 Å². The van der Waals surface area contributed by atoms with Gasteiger partial charge in [-0.05, 0) is 6.00 Å². The SMILES string of the molecule is [2H]C([2H])(C(=O)O)C([2H])([2H])[Si](CC)(CC)CC. The summed E-state index contributed by atoms with van der Waals surface area (Å²) < 4.78 is 30.8. The van der Waals surface area contributed by atoms with Gasteiger partial charge in [0, 0.05) is 11.9 Å². The van der Waals surface area contributed by atoms with Crippen molar-refractivity contribution in [3.8, 4) is 0 Å². The van der Waals surface area contributed by atoms with E-state index >= 15 is 0 Å². The summed E-state index contributed by atoms with van der Waals surface area (Å²) in [6.45, 7) is 5.49. The van der Waals surface area contributed by atoms with Gasteiger partial charge < -0.3 is 5.11 Å². The number of carbonyl (C=O) groups is 1. The first-order valence-electron chi connectivity index (χ1n) is 6.36. The summed E-state index contributed by atoms with van der Waals surface area (Å²) in [5.74, 6) is -3.95. The summed E-state index contributed by atoms with van der Waals surface area (Å²) in [4.78, 5) is 10.9. The average molecular weight is 192 g/mol. The van der Waals surface area contributed by atoms with E-state index in [1.807, 2.05) is 20.8 Å². The lowest BCUT2D eigenvalue weighted by atomic mass is 10.5. The summed E-state index contributed by atoms with van der Waals surface area (Å²) in [6, 6.07) is 1.67. The molecular weight excluding hydrogens is 168 g/mol. The molecule has 0 aliphatic carbocycles. The molecule has 3 heteroatoms. The van der Waals surface area contributed by atoms with Crippen LogP contribution < -0.4 is 0 Å². The Morgan fingerprint density at radius 3 is 2.00 bits per heavy atom. The third kappa shape index (κ3) is 3.39. The van der Waals surface area contributed by atoms with E-state index in [1.54, 1.807) is 0 Å². The summed E-state index contributed by atoms with van der Waals surface area (Å²) in [5, 5.41) is 8.83. The van der Waals surface area contributed by atoms with Gasteiger partial charge in [0.2, 0.25) is 0 Å². The molecule has 0 saturated carbocycles. The average Bonchev–Trinajstić information content (AvgIpc) is 2.20. The highest BCUT2D eigenvalue weighted by atomic mass is 28.3. The molecule has 0 saturated heterocycles. The number of hydrogen-bond acceptors (Lipinski definition) is 1. The third-order valence-corrected chi connectivity index (χ3v) is 7.18. The van der Waals surface area contributed by atoms with Crippen LogP contribution >= 0.6 is 0 Å². The van der Waals surface area contributed by atoms with Crippen LogP contribution in [0.3, 0.4) is 0 Å². The van der Waals surface area contributed by atoms with Crippen molar-refractivity contribution < 1.29 is 15.4 Å². The summed E-state index contributed by atoms with van der Waals surface area (Å²) >= 11 is 0. The van der Waals surface area contributed by atoms with Gasteiger partial charge >= 0.3 is 5.97 Å². The Balaban J connectivity index is 5.54. The third-order valence-electron chi connectivity index (χ3n) is 2.46. The summed E-state index contributed by atoms with van der Waals surface area (Å²) in [7, 11) is -2.57.